The Morgan fingerprint density at radius 1 is 0.857 bits per heavy atom. The quantitative estimate of drug-likeness (QED) is 0.397. The van der Waals surface area contributed by atoms with Crippen LogP contribution in [-0.4, -0.2) is 15.0 Å². The standard InChI is InChI=1S/C7H11NS.2C6H9NS.3CH4/c1-7(2,3)6-4-9-5-8-6;1-5(2)6-3-7-4-8-6;1-5(2)6-7-3-4-8-6;;;/h4-5H,1-3H3;2*3-5H,1-2H3;3*1H4. The van der Waals surface area contributed by atoms with Crippen molar-refractivity contribution in [2.24, 2.45) is 0 Å². The molecule has 162 valence electrons. The van der Waals surface area contributed by atoms with Crippen LogP contribution in [0.1, 0.15) is 98.2 Å². The molecule has 0 amide bonds. The molecule has 3 aromatic heterocycles. The van der Waals surface area contributed by atoms with E-state index in [4.69, 9.17) is 0 Å². The highest BCUT2D eigenvalue weighted by Crippen LogP contribution is 2.20. The van der Waals surface area contributed by atoms with Gasteiger partial charge in [-0.2, -0.15) is 0 Å². The first-order chi connectivity index (χ1) is 11.7. The topological polar surface area (TPSA) is 38.7 Å². The molecule has 0 N–H and O–H groups in total. The summed E-state index contributed by atoms with van der Waals surface area (Å²) in [6.45, 7) is 15.2. The first-order valence-corrected chi connectivity index (χ1v) is 11.1. The van der Waals surface area contributed by atoms with Gasteiger partial charge >= 0.3 is 0 Å². The molecule has 0 spiro atoms. The number of hydrogen-bond acceptors (Lipinski definition) is 6. The van der Waals surface area contributed by atoms with Crippen LogP contribution < -0.4 is 0 Å². The van der Waals surface area contributed by atoms with Crippen LogP contribution in [0.3, 0.4) is 0 Å². The van der Waals surface area contributed by atoms with Crippen molar-refractivity contribution < 1.29 is 0 Å². The maximum Gasteiger partial charge on any atom is 0.0950 e. The fourth-order valence-electron chi connectivity index (χ4n) is 1.61. The van der Waals surface area contributed by atoms with Gasteiger partial charge in [-0.15, -0.1) is 34.0 Å². The molecule has 0 saturated carbocycles. The van der Waals surface area contributed by atoms with Crippen LogP contribution in [0.5, 0.6) is 0 Å². The summed E-state index contributed by atoms with van der Waals surface area (Å²) in [5.41, 5.74) is 5.16. The molecule has 28 heavy (non-hydrogen) atoms. The summed E-state index contributed by atoms with van der Waals surface area (Å²) >= 11 is 5.10. The first kappa shape index (κ1) is 31.6. The Hall–Kier alpha value is -1.11. The number of nitrogens with zero attached hydrogens (tertiary/aromatic N) is 3. The molecule has 3 nitrogen and oxygen atoms in total. The Kier molecular flexibility index (Phi) is 17.8. The number of thiazole rings is 3. The lowest BCUT2D eigenvalue weighted by atomic mass is 9.93. The molecule has 6 heteroatoms. The van der Waals surface area contributed by atoms with Crippen LogP contribution in [0.2, 0.25) is 0 Å². The lowest BCUT2D eigenvalue weighted by Gasteiger charge is -2.13. The van der Waals surface area contributed by atoms with Crippen LogP contribution in [0.25, 0.3) is 0 Å². The Balaban J connectivity index is -0.000000318. The van der Waals surface area contributed by atoms with E-state index in [-0.39, 0.29) is 27.7 Å². The minimum absolute atomic E-state index is 0. The van der Waals surface area contributed by atoms with Gasteiger partial charge in [-0.1, -0.05) is 70.7 Å². The van der Waals surface area contributed by atoms with Crippen LogP contribution >= 0.6 is 34.0 Å². The monoisotopic (exact) mass is 443 g/mol. The van der Waals surface area contributed by atoms with Gasteiger partial charge in [0.15, 0.2) is 0 Å². The second kappa shape index (κ2) is 15.8. The minimum Gasteiger partial charge on any atom is -0.253 e. The van der Waals surface area contributed by atoms with Crippen molar-refractivity contribution in [1.82, 2.24) is 15.0 Å². The van der Waals surface area contributed by atoms with E-state index in [0.717, 1.165) is 0 Å². The van der Waals surface area contributed by atoms with Gasteiger partial charge in [-0.05, 0) is 5.92 Å². The Morgan fingerprint density at radius 2 is 1.50 bits per heavy atom. The third-order valence-corrected chi connectivity index (χ3v) is 5.91. The minimum atomic E-state index is 0. The van der Waals surface area contributed by atoms with Gasteiger partial charge in [-0.3, -0.25) is 4.98 Å². The van der Waals surface area contributed by atoms with Gasteiger partial charge in [0.25, 0.3) is 0 Å². The molecule has 0 aromatic carbocycles. The zero-order chi connectivity index (χ0) is 18.9. The Bertz CT molecular complexity index is 612. The second-order valence-electron chi connectivity index (χ2n) is 7.21. The van der Waals surface area contributed by atoms with Gasteiger partial charge < -0.3 is 0 Å². The summed E-state index contributed by atoms with van der Waals surface area (Å²) in [6, 6.07) is 0. The number of aromatic nitrogens is 3. The highest BCUT2D eigenvalue weighted by Gasteiger charge is 2.14. The smallest absolute Gasteiger partial charge is 0.0950 e. The summed E-state index contributed by atoms with van der Waals surface area (Å²) in [6.07, 6.45) is 3.77. The van der Waals surface area contributed by atoms with E-state index in [0.29, 0.717) is 11.8 Å². The van der Waals surface area contributed by atoms with Crippen LogP contribution in [0.15, 0.2) is 34.2 Å². The largest absolute Gasteiger partial charge is 0.253 e. The summed E-state index contributed by atoms with van der Waals surface area (Å²) < 4.78 is 0. The molecule has 0 aliphatic rings. The first-order valence-electron chi connectivity index (χ1n) is 8.38. The van der Waals surface area contributed by atoms with E-state index in [9.17, 15) is 0 Å². The molecule has 0 aliphatic heterocycles. The molecule has 0 saturated heterocycles. The maximum atomic E-state index is 4.21. The summed E-state index contributed by atoms with van der Waals surface area (Å²) in [5, 5.41) is 5.33. The van der Waals surface area contributed by atoms with Crippen molar-refractivity contribution in [2.75, 3.05) is 0 Å². The highest BCUT2D eigenvalue weighted by atomic mass is 32.1. The second-order valence-corrected chi connectivity index (χ2v) is 9.77. The van der Waals surface area contributed by atoms with Crippen molar-refractivity contribution in [3.63, 3.8) is 0 Å². The van der Waals surface area contributed by atoms with E-state index in [1.807, 2.05) is 28.8 Å². The van der Waals surface area contributed by atoms with Gasteiger partial charge in [0.1, 0.15) is 0 Å². The van der Waals surface area contributed by atoms with Gasteiger partial charge in [-0.25, -0.2) is 9.97 Å². The summed E-state index contributed by atoms with van der Waals surface area (Å²) in [7, 11) is 0. The van der Waals surface area contributed by atoms with Crippen molar-refractivity contribution in [3.8, 4) is 0 Å². The van der Waals surface area contributed by atoms with E-state index in [1.165, 1.54) is 15.6 Å². The zero-order valence-electron chi connectivity index (χ0n) is 16.2. The molecule has 0 atom stereocenters. The third kappa shape index (κ3) is 12.4. The average molecular weight is 444 g/mol. The number of rotatable bonds is 2. The molecule has 3 aromatic rings. The molecular formula is C22H41N3S3. The van der Waals surface area contributed by atoms with Crippen LogP contribution in [-0.2, 0) is 5.41 Å². The van der Waals surface area contributed by atoms with Crippen molar-refractivity contribution >= 4 is 34.0 Å². The van der Waals surface area contributed by atoms with Crippen molar-refractivity contribution in [2.45, 2.75) is 88.0 Å². The maximum absolute atomic E-state index is 4.21. The van der Waals surface area contributed by atoms with E-state index in [1.54, 1.807) is 34.0 Å². The molecule has 0 unspecified atom stereocenters. The van der Waals surface area contributed by atoms with E-state index >= 15 is 0 Å². The molecule has 0 radical (unpaired) electrons. The highest BCUT2D eigenvalue weighted by molar-refractivity contribution is 7.09. The fraction of sp³-hybridized carbons (Fsp3) is 0.591. The SMILES string of the molecule is C.C.C.CC(C)(C)c1cscn1.CC(C)c1cncs1.CC(C)c1nccs1. The van der Waals surface area contributed by atoms with Gasteiger partial charge in [0, 0.05) is 39.4 Å². The van der Waals surface area contributed by atoms with Crippen molar-refractivity contribution in [3.05, 3.63) is 49.8 Å². The molecule has 3 rings (SSSR count). The average Bonchev–Trinajstić information content (AvgIpc) is 3.28. The lowest BCUT2D eigenvalue weighted by Crippen LogP contribution is -2.10. The predicted molar refractivity (Wildman–Crippen MR) is 133 cm³/mol. The molecule has 3 heterocycles. The van der Waals surface area contributed by atoms with Crippen LogP contribution in [0.4, 0.5) is 0 Å². The predicted octanol–water partition coefficient (Wildman–Crippen LogP) is 8.88. The normalized spacial score (nSPS) is 9.75. The zero-order valence-corrected chi connectivity index (χ0v) is 18.6. The van der Waals surface area contributed by atoms with Crippen molar-refractivity contribution in [1.29, 1.82) is 0 Å². The third-order valence-electron chi connectivity index (χ3n) is 3.17. The summed E-state index contributed by atoms with van der Waals surface area (Å²) in [5.74, 6) is 1.23. The van der Waals surface area contributed by atoms with E-state index in [2.05, 4.69) is 68.8 Å². The molecule has 0 aliphatic carbocycles. The van der Waals surface area contributed by atoms with E-state index < -0.39 is 0 Å². The molecular weight excluding hydrogens is 402 g/mol. The van der Waals surface area contributed by atoms with Gasteiger partial charge in [0.2, 0.25) is 0 Å². The lowest BCUT2D eigenvalue weighted by molar-refractivity contribution is 0.573. The van der Waals surface area contributed by atoms with Gasteiger partial charge in [0.05, 0.1) is 21.7 Å². The number of hydrogen-bond donors (Lipinski definition) is 0. The molecule has 0 bridgehead atoms. The summed E-state index contributed by atoms with van der Waals surface area (Å²) in [4.78, 5) is 13.7. The Labute approximate surface area is 186 Å². The Morgan fingerprint density at radius 3 is 1.71 bits per heavy atom. The van der Waals surface area contributed by atoms with Crippen LogP contribution in [0, 0.1) is 0 Å². The molecule has 0 fully saturated rings. The fourth-order valence-corrected chi connectivity index (χ4v) is 3.68.